The number of fused-ring (bicyclic) bond motifs is 7. The van der Waals surface area contributed by atoms with Gasteiger partial charge in [-0.1, -0.05) is 41.9 Å². The molecule has 5 heterocycles. The molecular formula is C42H50ClN7O4S. The minimum atomic E-state index is -0.385. The zero-order valence-corrected chi connectivity index (χ0v) is 33.9. The van der Waals surface area contributed by atoms with Crippen LogP contribution in [0.4, 0.5) is 0 Å². The summed E-state index contributed by atoms with van der Waals surface area (Å²) in [6.07, 6.45) is 4.04. The van der Waals surface area contributed by atoms with Gasteiger partial charge in [-0.15, -0.1) is 11.8 Å². The van der Waals surface area contributed by atoms with Crippen LogP contribution in [0.15, 0.2) is 65.2 Å². The fourth-order valence-electron chi connectivity index (χ4n) is 8.35. The van der Waals surface area contributed by atoms with Crippen molar-refractivity contribution in [1.82, 2.24) is 35.0 Å². The first-order chi connectivity index (χ1) is 26.7. The zero-order chi connectivity index (χ0) is 38.2. The van der Waals surface area contributed by atoms with Crippen LogP contribution in [0.5, 0.6) is 5.75 Å². The monoisotopic (exact) mass is 783 g/mol. The molecule has 2 atom stereocenters. The first kappa shape index (κ1) is 37.9. The van der Waals surface area contributed by atoms with Crippen molar-refractivity contribution in [2.45, 2.75) is 43.2 Å². The summed E-state index contributed by atoms with van der Waals surface area (Å²) in [5.41, 5.74) is 10.7. The second-order valence-electron chi connectivity index (χ2n) is 14.7. The van der Waals surface area contributed by atoms with Gasteiger partial charge in [0.05, 0.1) is 42.6 Å². The van der Waals surface area contributed by atoms with E-state index in [1.807, 2.05) is 41.5 Å². The summed E-state index contributed by atoms with van der Waals surface area (Å²) in [6, 6.07) is 16.7. The Balaban J connectivity index is 1.26. The van der Waals surface area contributed by atoms with Gasteiger partial charge >= 0.3 is 5.97 Å². The molecular weight excluding hydrogens is 734 g/mol. The first-order valence-corrected chi connectivity index (χ1v) is 20.5. The molecule has 8 bridgehead atoms. The number of thioether (sulfide) groups is 1. The Morgan fingerprint density at radius 1 is 1.07 bits per heavy atom. The fraction of sp³-hybridized carbons (Fsp3) is 0.429. The van der Waals surface area contributed by atoms with Crippen molar-refractivity contribution in [3.05, 3.63) is 88.0 Å². The zero-order valence-electron chi connectivity index (χ0n) is 32.3. The van der Waals surface area contributed by atoms with E-state index >= 15 is 0 Å². The van der Waals surface area contributed by atoms with Crippen LogP contribution in [0.2, 0.25) is 5.02 Å². The van der Waals surface area contributed by atoms with Crippen LogP contribution in [0, 0.1) is 6.92 Å². The summed E-state index contributed by atoms with van der Waals surface area (Å²) in [7, 11) is 7.41. The molecule has 3 aliphatic rings. The van der Waals surface area contributed by atoms with Gasteiger partial charge in [-0.2, -0.15) is 5.10 Å². The predicted octanol–water partition coefficient (Wildman–Crippen LogP) is 6.65. The number of hydrogen-bond acceptors (Lipinski definition) is 10. The highest BCUT2D eigenvalue weighted by atomic mass is 35.5. The number of benzene rings is 3. The lowest BCUT2D eigenvalue weighted by molar-refractivity contribution is 0.0238. The summed E-state index contributed by atoms with van der Waals surface area (Å²) >= 11 is 9.05. The van der Waals surface area contributed by atoms with E-state index in [9.17, 15) is 4.79 Å². The molecule has 55 heavy (non-hydrogen) atoms. The van der Waals surface area contributed by atoms with Crippen LogP contribution >= 0.6 is 23.4 Å². The highest BCUT2D eigenvalue weighted by Crippen LogP contribution is 2.44. The maximum absolute atomic E-state index is 13.6. The lowest BCUT2D eigenvalue weighted by Gasteiger charge is -2.29. The van der Waals surface area contributed by atoms with Gasteiger partial charge < -0.3 is 34.0 Å². The quantitative estimate of drug-likeness (QED) is 0.193. The number of aryl methyl sites for hydroxylation is 3. The largest absolute Gasteiger partial charge is 0.493 e. The molecule has 2 N–H and O–H groups in total. The number of carbonyl (C=O) groups is 1. The van der Waals surface area contributed by atoms with Crippen molar-refractivity contribution in [3.63, 3.8) is 0 Å². The number of halogens is 1. The van der Waals surface area contributed by atoms with Gasteiger partial charge in [0.2, 0.25) is 0 Å². The summed E-state index contributed by atoms with van der Waals surface area (Å²) in [5.74, 6) is 1.27. The number of ether oxygens (including phenoxy) is 3. The molecule has 2 unspecified atom stereocenters. The summed E-state index contributed by atoms with van der Waals surface area (Å²) in [6.45, 7) is 7.85. The van der Waals surface area contributed by atoms with E-state index in [4.69, 9.17) is 30.9 Å². The van der Waals surface area contributed by atoms with Crippen molar-refractivity contribution in [2.75, 3.05) is 65.8 Å². The van der Waals surface area contributed by atoms with E-state index in [0.717, 1.165) is 105 Å². The summed E-state index contributed by atoms with van der Waals surface area (Å²) < 4.78 is 22.8. The maximum Gasteiger partial charge on any atom is 0.354 e. The average Bonchev–Trinajstić information content (AvgIpc) is 3.80. The third-order valence-electron chi connectivity index (χ3n) is 11.3. The molecule has 5 aromatic rings. The lowest BCUT2D eigenvalue weighted by Crippen LogP contribution is -2.44. The number of aromatic nitrogens is 3. The van der Waals surface area contributed by atoms with Crippen LogP contribution < -0.4 is 15.5 Å². The van der Waals surface area contributed by atoms with Crippen molar-refractivity contribution in [2.24, 2.45) is 14.1 Å². The van der Waals surface area contributed by atoms with Gasteiger partial charge in [-0.05, 0) is 61.4 Å². The lowest BCUT2D eigenvalue weighted by atomic mass is 9.95. The topological polar surface area (TPSA) is 98.1 Å². The Kier molecular flexibility index (Phi) is 11.2. The predicted molar refractivity (Wildman–Crippen MR) is 220 cm³/mol. The molecule has 1 fully saturated rings. The molecule has 11 nitrogen and oxygen atoms in total. The van der Waals surface area contributed by atoms with Gasteiger partial charge in [0.25, 0.3) is 0 Å². The number of nitrogens with one attached hydrogen (secondary N) is 2. The first-order valence-electron chi connectivity index (χ1n) is 19.2. The van der Waals surface area contributed by atoms with Crippen LogP contribution in [0.25, 0.3) is 32.8 Å². The normalized spacial score (nSPS) is 20.0. The number of rotatable bonds is 4. The molecule has 2 aromatic heterocycles. The average molecular weight is 784 g/mol. The Bertz CT molecular complexity index is 2260. The van der Waals surface area contributed by atoms with Crippen molar-refractivity contribution in [3.8, 4) is 16.9 Å². The molecule has 1 saturated heterocycles. The Morgan fingerprint density at radius 2 is 1.89 bits per heavy atom. The highest BCUT2D eigenvalue weighted by Gasteiger charge is 2.32. The molecule has 290 valence electrons. The van der Waals surface area contributed by atoms with E-state index < -0.39 is 0 Å². The molecule has 0 aliphatic carbocycles. The Hall–Kier alpha value is -4.04. The van der Waals surface area contributed by atoms with Crippen molar-refractivity contribution >= 4 is 51.0 Å². The number of hydrogen-bond donors (Lipinski definition) is 2. The third kappa shape index (κ3) is 7.48. The molecule has 3 aromatic carbocycles. The van der Waals surface area contributed by atoms with Gasteiger partial charge in [0, 0.05) is 97.8 Å². The molecule has 0 saturated carbocycles. The van der Waals surface area contributed by atoms with Crippen molar-refractivity contribution in [1.29, 1.82) is 0 Å². The van der Waals surface area contributed by atoms with E-state index in [1.165, 1.54) is 12.8 Å². The van der Waals surface area contributed by atoms with Crippen LogP contribution in [-0.2, 0) is 30.0 Å². The maximum atomic E-state index is 13.6. The van der Waals surface area contributed by atoms with E-state index in [-0.39, 0.29) is 18.1 Å². The van der Waals surface area contributed by atoms with E-state index in [1.54, 1.807) is 11.8 Å². The standard InChI is InChI=1S/C42H50ClN7O4S/c1-26-37-38-34(43)13-12-33-32(41(42(51)52-5)47(2)40(33)38)11-8-20-53-36-23-30(21-27-9-6-7-10-31(27)36)55-25-29-22-28(45-49(29)4)24-54-35(39(37)46-48(26)3)14-17-50-18-15-44-16-19-50/h6-7,9-10,12-13,21-23,28,35,44-45H,8,11,14-20,24-25H2,1-5H3. The van der Waals surface area contributed by atoms with Gasteiger partial charge in [0.1, 0.15) is 17.5 Å². The van der Waals surface area contributed by atoms with E-state index in [0.29, 0.717) is 36.8 Å². The van der Waals surface area contributed by atoms with E-state index in [2.05, 4.69) is 71.0 Å². The minimum absolute atomic E-state index is 0.00906. The van der Waals surface area contributed by atoms with Gasteiger partial charge in [0.15, 0.2) is 0 Å². The smallest absolute Gasteiger partial charge is 0.354 e. The summed E-state index contributed by atoms with van der Waals surface area (Å²) in [5, 5.41) is 14.5. The number of methoxy groups -OCH3 is 1. The number of nitrogens with zero attached hydrogens (tertiary/aromatic N) is 5. The Morgan fingerprint density at radius 3 is 2.71 bits per heavy atom. The molecule has 0 radical (unpaired) electrons. The number of carbonyl (C=O) groups excluding carboxylic acids is 1. The fourth-order valence-corrected chi connectivity index (χ4v) is 9.61. The molecule has 0 spiro atoms. The van der Waals surface area contributed by atoms with Crippen LogP contribution in [-0.4, -0.2) is 102 Å². The number of piperazine rings is 1. The molecule has 13 heteroatoms. The summed E-state index contributed by atoms with van der Waals surface area (Å²) in [4.78, 5) is 17.2. The molecule has 3 aliphatic heterocycles. The second-order valence-corrected chi connectivity index (χ2v) is 16.2. The van der Waals surface area contributed by atoms with Gasteiger partial charge in [-0.25, -0.2) is 10.2 Å². The SMILES string of the molecule is COC(=O)c1c2c3ccc(Cl)c(c3n1C)-c1c(nn(C)c1C)C(CCN1CCNCC1)OCC1C=C(CSc3cc(c4ccccc4c3)OCCC2)N(C)N1. The van der Waals surface area contributed by atoms with Crippen molar-refractivity contribution < 1.29 is 19.0 Å². The minimum Gasteiger partial charge on any atom is -0.493 e. The number of esters is 1. The van der Waals surface area contributed by atoms with Gasteiger partial charge in [-0.3, -0.25) is 4.68 Å². The Labute approximate surface area is 331 Å². The highest BCUT2D eigenvalue weighted by molar-refractivity contribution is 7.99. The third-order valence-corrected chi connectivity index (χ3v) is 12.6. The molecule has 0 amide bonds. The number of hydrazine groups is 1. The second kappa shape index (κ2) is 16.2. The van der Waals surface area contributed by atoms with Crippen LogP contribution in [0.3, 0.4) is 0 Å². The molecule has 8 rings (SSSR count). The van der Waals surface area contributed by atoms with Crippen LogP contribution in [0.1, 0.15) is 46.4 Å².